The van der Waals surface area contributed by atoms with Crippen molar-refractivity contribution < 1.29 is 24.2 Å². The van der Waals surface area contributed by atoms with Gasteiger partial charge < -0.3 is 19.4 Å². The van der Waals surface area contributed by atoms with E-state index in [4.69, 9.17) is 9.47 Å². The Bertz CT molecular complexity index is 345. The number of morpholine rings is 1. The van der Waals surface area contributed by atoms with Gasteiger partial charge in [-0.3, -0.25) is 4.90 Å². The van der Waals surface area contributed by atoms with E-state index in [0.29, 0.717) is 0 Å². The molecule has 6 heteroatoms. The average molecular weight is 258 g/mol. The Hall–Kier alpha value is -1.30. The normalized spacial score (nSPS) is 23.6. The van der Waals surface area contributed by atoms with E-state index >= 15 is 0 Å². The van der Waals surface area contributed by atoms with Gasteiger partial charge in [0.05, 0.1) is 30.8 Å². The van der Waals surface area contributed by atoms with Crippen LogP contribution in [0, 0.1) is 0 Å². The number of carboxylic acids is 1. The molecule has 0 spiro atoms. The summed E-state index contributed by atoms with van der Waals surface area (Å²) in [5, 5.41) is 11.0. The first kappa shape index (κ1) is 14.8. The zero-order valence-electron chi connectivity index (χ0n) is 11.5. The van der Waals surface area contributed by atoms with Crippen LogP contribution in [0.5, 0.6) is 0 Å². The SMILES string of the molecule is CC(C)(C)OC(=O)N1CC(C)(C)OCC1C(=O)[O-]. The van der Waals surface area contributed by atoms with Gasteiger partial charge in [0.15, 0.2) is 0 Å². The van der Waals surface area contributed by atoms with Gasteiger partial charge in [-0.1, -0.05) is 0 Å². The number of hydrogen-bond donors (Lipinski definition) is 0. The van der Waals surface area contributed by atoms with Crippen molar-refractivity contribution in [3.8, 4) is 0 Å². The van der Waals surface area contributed by atoms with E-state index < -0.39 is 29.3 Å². The number of aliphatic carboxylic acids is 1. The van der Waals surface area contributed by atoms with Crippen LogP contribution in [0.25, 0.3) is 0 Å². The quantitative estimate of drug-likeness (QED) is 0.669. The lowest BCUT2D eigenvalue weighted by molar-refractivity contribution is -0.315. The molecule has 0 N–H and O–H groups in total. The maximum absolute atomic E-state index is 12.0. The number of carbonyl (C=O) groups is 2. The minimum atomic E-state index is -1.34. The van der Waals surface area contributed by atoms with Crippen molar-refractivity contribution in [3.05, 3.63) is 0 Å². The van der Waals surface area contributed by atoms with E-state index in [-0.39, 0.29) is 13.2 Å². The molecule has 1 saturated heterocycles. The summed E-state index contributed by atoms with van der Waals surface area (Å²) in [6.45, 7) is 8.82. The third-order valence-electron chi connectivity index (χ3n) is 2.46. The third kappa shape index (κ3) is 3.87. The minimum absolute atomic E-state index is 0.0887. The van der Waals surface area contributed by atoms with Crippen LogP contribution in [0.4, 0.5) is 4.79 Å². The molecule has 1 rings (SSSR count). The molecule has 1 amide bonds. The van der Waals surface area contributed by atoms with Gasteiger partial charge in [-0.05, 0) is 34.6 Å². The molecule has 18 heavy (non-hydrogen) atoms. The van der Waals surface area contributed by atoms with Gasteiger partial charge >= 0.3 is 6.09 Å². The molecular weight excluding hydrogens is 238 g/mol. The predicted octanol–water partition coefficient (Wildman–Crippen LogP) is 0.151. The van der Waals surface area contributed by atoms with Crippen LogP contribution in [0.15, 0.2) is 0 Å². The second-order valence-corrected chi connectivity index (χ2v) is 6.01. The van der Waals surface area contributed by atoms with Crippen molar-refractivity contribution in [2.45, 2.75) is 51.9 Å². The number of rotatable bonds is 1. The molecule has 0 aromatic carbocycles. The highest BCUT2D eigenvalue weighted by molar-refractivity contribution is 5.79. The van der Waals surface area contributed by atoms with Crippen molar-refractivity contribution in [3.63, 3.8) is 0 Å². The number of hydrogen-bond acceptors (Lipinski definition) is 5. The summed E-state index contributed by atoms with van der Waals surface area (Å²) >= 11 is 0. The van der Waals surface area contributed by atoms with Crippen molar-refractivity contribution in [1.82, 2.24) is 4.90 Å². The fourth-order valence-electron chi connectivity index (χ4n) is 1.67. The minimum Gasteiger partial charge on any atom is -0.548 e. The standard InChI is InChI=1S/C12H21NO5/c1-11(2,3)18-10(16)13-7-12(4,5)17-6-8(13)9(14)15/h8H,6-7H2,1-5H3,(H,14,15)/p-1. The number of carbonyl (C=O) groups excluding carboxylic acids is 2. The molecular formula is C12H20NO5-. The smallest absolute Gasteiger partial charge is 0.411 e. The van der Waals surface area contributed by atoms with Gasteiger partial charge in [-0.25, -0.2) is 4.79 Å². The highest BCUT2D eigenvalue weighted by atomic mass is 16.6. The second-order valence-electron chi connectivity index (χ2n) is 6.01. The molecule has 6 nitrogen and oxygen atoms in total. The Balaban J connectivity index is 2.85. The first-order valence-electron chi connectivity index (χ1n) is 5.86. The molecule has 1 unspecified atom stereocenters. The largest absolute Gasteiger partial charge is 0.548 e. The summed E-state index contributed by atoms with van der Waals surface area (Å²) in [7, 11) is 0. The maximum Gasteiger partial charge on any atom is 0.411 e. The topological polar surface area (TPSA) is 78.9 Å². The van der Waals surface area contributed by atoms with Gasteiger partial charge in [0.25, 0.3) is 0 Å². The molecule has 0 bridgehead atoms. The van der Waals surface area contributed by atoms with Crippen molar-refractivity contribution >= 4 is 12.1 Å². The van der Waals surface area contributed by atoms with Gasteiger partial charge in [0, 0.05) is 0 Å². The zero-order valence-corrected chi connectivity index (χ0v) is 11.5. The fourth-order valence-corrected chi connectivity index (χ4v) is 1.67. The van der Waals surface area contributed by atoms with E-state index in [1.807, 2.05) is 0 Å². The molecule has 1 aliphatic heterocycles. The highest BCUT2D eigenvalue weighted by Crippen LogP contribution is 2.22. The number of ether oxygens (including phenoxy) is 2. The molecule has 0 saturated carbocycles. The van der Waals surface area contributed by atoms with Gasteiger partial charge in [0.2, 0.25) is 0 Å². The van der Waals surface area contributed by atoms with E-state index in [1.165, 1.54) is 0 Å². The third-order valence-corrected chi connectivity index (χ3v) is 2.46. The van der Waals surface area contributed by atoms with E-state index in [1.54, 1.807) is 34.6 Å². The van der Waals surface area contributed by atoms with Crippen LogP contribution in [-0.2, 0) is 14.3 Å². The van der Waals surface area contributed by atoms with Crippen LogP contribution < -0.4 is 5.11 Å². The van der Waals surface area contributed by atoms with Crippen LogP contribution in [0.2, 0.25) is 0 Å². The van der Waals surface area contributed by atoms with Gasteiger partial charge in [-0.15, -0.1) is 0 Å². The Kier molecular flexibility index (Phi) is 3.90. The monoisotopic (exact) mass is 258 g/mol. The first-order chi connectivity index (χ1) is 8.02. The van der Waals surface area contributed by atoms with Crippen LogP contribution in [0.3, 0.4) is 0 Å². The summed E-state index contributed by atoms with van der Waals surface area (Å²) in [6, 6.07) is -1.10. The molecule has 1 fully saturated rings. The van der Waals surface area contributed by atoms with E-state index in [9.17, 15) is 14.7 Å². The lowest BCUT2D eigenvalue weighted by atomic mass is 10.0. The second kappa shape index (κ2) is 4.76. The Morgan fingerprint density at radius 2 is 1.94 bits per heavy atom. The lowest BCUT2D eigenvalue weighted by Crippen LogP contribution is -2.62. The molecule has 0 radical (unpaired) electrons. The summed E-state index contributed by atoms with van der Waals surface area (Å²) in [5.41, 5.74) is -1.27. The highest BCUT2D eigenvalue weighted by Gasteiger charge is 2.39. The Morgan fingerprint density at radius 3 is 2.39 bits per heavy atom. The first-order valence-corrected chi connectivity index (χ1v) is 5.86. The molecule has 0 aromatic heterocycles. The number of nitrogens with zero attached hydrogens (tertiary/aromatic N) is 1. The molecule has 0 aliphatic carbocycles. The summed E-state index contributed by atoms with van der Waals surface area (Å²) in [5.74, 6) is -1.34. The van der Waals surface area contributed by atoms with Crippen LogP contribution in [-0.4, -0.2) is 47.4 Å². The summed E-state index contributed by atoms with van der Waals surface area (Å²) in [6.07, 6.45) is -0.659. The summed E-state index contributed by atoms with van der Waals surface area (Å²) < 4.78 is 10.6. The average Bonchev–Trinajstić information content (AvgIpc) is 2.12. The fraction of sp³-hybridized carbons (Fsp3) is 0.833. The van der Waals surface area contributed by atoms with Gasteiger partial charge in [-0.2, -0.15) is 0 Å². The Morgan fingerprint density at radius 1 is 1.39 bits per heavy atom. The number of amides is 1. The molecule has 104 valence electrons. The maximum atomic E-state index is 12.0. The van der Waals surface area contributed by atoms with Crippen LogP contribution >= 0.6 is 0 Å². The van der Waals surface area contributed by atoms with Crippen molar-refractivity contribution in [2.24, 2.45) is 0 Å². The van der Waals surface area contributed by atoms with E-state index in [2.05, 4.69) is 0 Å². The molecule has 1 atom stereocenters. The molecule has 0 aromatic rings. The van der Waals surface area contributed by atoms with Crippen molar-refractivity contribution in [2.75, 3.05) is 13.2 Å². The zero-order chi connectivity index (χ0) is 14.1. The lowest BCUT2D eigenvalue weighted by Gasteiger charge is -2.43. The van der Waals surface area contributed by atoms with E-state index in [0.717, 1.165) is 4.90 Å². The Labute approximate surface area is 107 Å². The van der Waals surface area contributed by atoms with Crippen molar-refractivity contribution in [1.29, 1.82) is 0 Å². The molecule has 1 aliphatic rings. The predicted molar refractivity (Wildman–Crippen MR) is 61.8 cm³/mol. The summed E-state index contributed by atoms with van der Waals surface area (Å²) in [4.78, 5) is 24.1. The molecule has 1 heterocycles. The van der Waals surface area contributed by atoms with Crippen LogP contribution in [0.1, 0.15) is 34.6 Å². The number of carboxylic acid groups (broad SMARTS) is 1. The van der Waals surface area contributed by atoms with Gasteiger partial charge in [0.1, 0.15) is 5.60 Å².